The molecule has 2 aromatic rings. The van der Waals surface area contributed by atoms with Gasteiger partial charge in [0.2, 0.25) is 0 Å². The van der Waals surface area contributed by atoms with Crippen LogP contribution in [0.2, 0.25) is 0 Å². The van der Waals surface area contributed by atoms with E-state index >= 15 is 0 Å². The number of methoxy groups -OCH3 is 1. The summed E-state index contributed by atoms with van der Waals surface area (Å²) in [5, 5.41) is 3.15. The fourth-order valence-corrected chi connectivity index (χ4v) is 4.54. The number of hydrogen-bond donors (Lipinski definition) is 1. The monoisotopic (exact) mass is 449 g/mol. The van der Waals surface area contributed by atoms with Crippen LogP contribution in [0.15, 0.2) is 42.5 Å². The number of hydrogen-bond acceptors (Lipinski definition) is 5. The number of piperidine rings is 1. The second kappa shape index (κ2) is 10.2. The molecule has 1 N–H and O–H groups in total. The van der Waals surface area contributed by atoms with Gasteiger partial charge in [-0.2, -0.15) is 0 Å². The van der Waals surface area contributed by atoms with Gasteiger partial charge in [0.15, 0.2) is 0 Å². The molecule has 0 aromatic heterocycles. The second-order valence-electron chi connectivity index (χ2n) is 8.72. The van der Waals surface area contributed by atoms with E-state index in [1.165, 1.54) is 24.9 Å². The zero-order valence-electron chi connectivity index (χ0n) is 19.3. The summed E-state index contributed by atoms with van der Waals surface area (Å²) in [7, 11) is 1.53. The van der Waals surface area contributed by atoms with Crippen LogP contribution in [0.25, 0.3) is 0 Å². The molecule has 0 spiro atoms. The average molecular weight is 450 g/mol. The molecule has 7 heteroatoms. The number of fused-ring (bicyclic) bond motifs is 1. The molecule has 2 aromatic carbocycles. The number of carbonyl (C=O) groups excluding carboxylic acids is 3. The molecule has 2 aliphatic heterocycles. The SMILES string of the molecule is CCCCN1CCC(NC(=O)c2cc(CN3C(=O)c4ccccc4C3=O)ccc2OC)CC1. The summed E-state index contributed by atoms with van der Waals surface area (Å²) in [6.07, 6.45) is 4.24. The summed E-state index contributed by atoms with van der Waals surface area (Å²) >= 11 is 0. The number of carbonyl (C=O) groups is 3. The third-order valence-corrected chi connectivity index (χ3v) is 6.48. The van der Waals surface area contributed by atoms with Crippen LogP contribution < -0.4 is 10.1 Å². The summed E-state index contributed by atoms with van der Waals surface area (Å²) in [5.41, 5.74) is 1.95. The number of rotatable bonds is 8. The van der Waals surface area contributed by atoms with Crippen molar-refractivity contribution in [3.8, 4) is 5.75 Å². The Hall–Kier alpha value is -3.19. The number of nitrogens with zero attached hydrogens (tertiary/aromatic N) is 2. The van der Waals surface area contributed by atoms with Crippen LogP contribution in [0.5, 0.6) is 5.75 Å². The van der Waals surface area contributed by atoms with Gasteiger partial charge < -0.3 is 15.0 Å². The Labute approximate surface area is 194 Å². The number of unbranched alkanes of at least 4 members (excludes halogenated alkanes) is 1. The standard InChI is InChI=1S/C26H31N3O4/c1-3-4-13-28-14-11-19(12-15-28)27-24(30)22-16-18(9-10-23(22)33-2)17-29-25(31)20-7-5-6-8-21(20)26(29)32/h5-10,16,19H,3-4,11-15,17H2,1-2H3,(H,27,30). The zero-order valence-corrected chi connectivity index (χ0v) is 19.3. The molecule has 1 saturated heterocycles. The highest BCUT2D eigenvalue weighted by molar-refractivity contribution is 6.21. The zero-order chi connectivity index (χ0) is 23.4. The van der Waals surface area contributed by atoms with Crippen molar-refractivity contribution in [1.82, 2.24) is 15.1 Å². The quantitative estimate of drug-likeness (QED) is 0.624. The minimum absolute atomic E-state index is 0.104. The van der Waals surface area contributed by atoms with E-state index in [-0.39, 0.29) is 30.3 Å². The van der Waals surface area contributed by atoms with Gasteiger partial charge in [0.05, 0.1) is 30.3 Å². The summed E-state index contributed by atoms with van der Waals surface area (Å²) in [5.74, 6) is -0.346. The maximum absolute atomic E-state index is 13.1. The van der Waals surface area contributed by atoms with Gasteiger partial charge in [-0.25, -0.2) is 0 Å². The summed E-state index contributed by atoms with van der Waals surface area (Å²) < 4.78 is 5.42. The van der Waals surface area contributed by atoms with Crippen molar-refractivity contribution < 1.29 is 19.1 Å². The second-order valence-corrected chi connectivity index (χ2v) is 8.72. The number of likely N-dealkylation sites (tertiary alicyclic amines) is 1. The molecule has 2 aliphatic rings. The van der Waals surface area contributed by atoms with E-state index in [1.54, 1.807) is 42.5 Å². The average Bonchev–Trinajstić information content (AvgIpc) is 3.08. The molecule has 0 atom stereocenters. The molecule has 2 heterocycles. The Morgan fingerprint density at radius 2 is 1.73 bits per heavy atom. The van der Waals surface area contributed by atoms with Crippen molar-refractivity contribution >= 4 is 17.7 Å². The van der Waals surface area contributed by atoms with E-state index in [0.717, 1.165) is 32.5 Å². The van der Waals surface area contributed by atoms with Crippen LogP contribution in [0.1, 0.15) is 69.2 Å². The van der Waals surface area contributed by atoms with Crippen LogP contribution in [-0.4, -0.2) is 60.3 Å². The maximum Gasteiger partial charge on any atom is 0.261 e. The number of imide groups is 1. The van der Waals surface area contributed by atoms with Crippen LogP contribution in [0.4, 0.5) is 0 Å². The number of amides is 3. The third kappa shape index (κ3) is 4.93. The first-order chi connectivity index (χ1) is 16.0. The first-order valence-electron chi connectivity index (χ1n) is 11.7. The molecule has 174 valence electrons. The van der Waals surface area contributed by atoms with E-state index in [0.29, 0.717) is 28.0 Å². The van der Waals surface area contributed by atoms with E-state index in [4.69, 9.17) is 4.74 Å². The van der Waals surface area contributed by atoms with E-state index < -0.39 is 0 Å². The number of ether oxygens (including phenoxy) is 1. The van der Waals surface area contributed by atoms with Crippen molar-refractivity contribution in [2.45, 2.75) is 45.2 Å². The molecule has 0 saturated carbocycles. The van der Waals surface area contributed by atoms with Gasteiger partial charge >= 0.3 is 0 Å². The molecule has 0 unspecified atom stereocenters. The Bertz CT molecular complexity index is 1010. The smallest absolute Gasteiger partial charge is 0.261 e. The molecular weight excluding hydrogens is 418 g/mol. The highest BCUT2D eigenvalue weighted by Gasteiger charge is 2.35. The fraction of sp³-hybridized carbons (Fsp3) is 0.423. The number of nitrogens with one attached hydrogen (secondary N) is 1. The van der Waals surface area contributed by atoms with Crippen LogP contribution in [-0.2, 0) is 6.54 Å². The molecule has 0 bridgehead atoms. The lowest BCUT2D eigenvalue weighted by atomic mass is 10.0. The van der Waals surface area contributed by atoms with Crippen molar-refractivity contribution in [2.24, 2.45) is 0 Å². The van der Waals surface area contributed by atoms with Crippen molar-refractivity contribution in [2.75, 3.05) is 26.7 Å². The highest BCUT2D eigenvalue weighted by Crippen LogP contribution is 2.26. The van der Waals surface area contributed by atoms with Gasteiger partial charge in [-0.1, -0.05) is 31.5 Å². The fourth-order valence-electron chi connectivity index (χ4n) is 4.54. The topological polar surface area (TPSA) is 79.0 Å². The van der Waals surface area contributed by atoms with Gasteiger partial charge in [-0.05, 0) is 55.6 Å². The lowest BCUT2D eigenvalue weighted by molar-refractivity contribution is 0.0642. The minimum Gasteiger partial charge on any atom is -0.496 e. The largest absolute Gasteiger partial charge is 0.496 e. The van der Waals surface area contributed by atoms with Crippen LogP contribution >= 0.6 is 0 Å². The molecule has 0 aliphatic carbocycles. The van der Waals surface area contributed by atoms with Crippen molar-refractivity contribution in [1.29, 1.82) is 0 Å². The van der Waals surface area contributed by atoms with Gasteiger partial charge in [0.25, 0.3) is 17.7 Å². The van der Waals surface area contributed by atoms with Gasteiger partial charge in [-0.15, -0.1) is 0 Å². The summed E-state index contributed by atoms with van der Waals surface area (Å²) in [6.45, 7) is 5.39. The van der Waals surface area contributed by atoms with Gasteiger partial charge in [0.1, 0.15) is 5.75 Å². The number of benzene rings is 2. The Balaban J connectivity index is 1.44. The van der Waals surface area contributed by atoms with Crippen LogP contribution in [0, 0.1) is 0 Å². The van der Waals surface area contributed by atoms with Crippen molar-refractivity contribution in [3.05, 3.63) is 64.7 Å². The Morgan fingerprint density at radius 1 is 1.06 bits per heavy atom. The molecule has 1 fully saturated rings. The minimum atomic E-state index is -0.313. The molecule has 7 nitrogen and oxygen atoms in total. The maximum atomic E-state index is 13.1. The summed E-state index contributed by atoms with van der Waals surface area (Å²) in [4.78, 5) is 42.2. The lowest BCUT2D eigenvalue weighted by Gasteiger charge is -2.32. The first-order valence-corrected chi connectivity index (χ1v) is 11.7. The van der Waals surface area contributed by atoms with E-state index in [2.05, 4.69) is 17.1 Å². The first kappa shape index (κ1) is 23.0. The molecule has 0 radical (unpaired) electrons. The van der Waals surface area contributed by atoms with E-state index in [9.17, 15) is 14.4 Å². The molecule has 33 heavy (non-hydrogen) atoms. The molecule has 3 amide bonds. The van der Waals surface area contributed by atoms with Gasteiger partial charge in [-0.3, -0.25) is 19.3 Å². The van der Waals surface area contributed by atoms with Crippen molar-refractivity contribution in [3.63, 3.8) is 0 Å². The van der Waals surface area contributed by atoms with Gasteiger partial charge in [0, 0.05) is 19.1 Å². The lowest BCUT2D eigenvalue weighted by Crippen LogP contribution is -2.44. The van der Waals surface area contributed by atoms with Crippen LogP contribution in [0.3, 0.4) is 0 Å². The Morgan fingerprint density at radius 3 is 2.33 bits per heavy atom. The Kier molecular flexibility index (Phi) is 7.08. The summed E-state index contributed by atoms with van der Waals surface area (Å²) in [6, 6.07) is 12.2. The van der Waals surface area contributed by atoms with E-state index in [1.807, 2.05) is 0 Å². The third-order valence-electron chi connectivity index (χ3n) is 6.48. The predicted octanol–water partition coefficient (Wildman–Crippen LogP) is 3.49. The molecular formula is C26H31N3O4. The molecule has 4 rings (SSSR count). The predicted molar refractivity (Wildman–Crippen MR) is 125 cm³/mol. The normalized spacial score (nSPS) is 16.7. The highest BCUT2D eigenvalue weighted by atomic mass is 16.5.